The number of nitrogens with one attached hydrogen (secondary N) is 2. The maximum Gasteiger partial charge on any atom is 0.0737 e. The van der Waals surface area contributed by atoms with Crippen molar-refractivity contribution >= 4 is 28.2 Å². The fourth-order valence-electron chi connectivity index (χ4n) is 2.23. The minimum absolute atomic E-state index is 0.727. The first-order valence-electron chi connectivity index (χ1n) is 7.30. The van der Waals surface area contributed by atoms with E-state index in [4.69, 9.17) is 11.6 Å². The molecule has 0 atom stereocenters. The maximum absolute atomic E-state index is 5.99. The fraction of sp³-hybridized carbons (Fsp3) is 0.438. The van der Waals surface area contributed by atoms with Gasteiger partial charge in [-0.1, -0.05) is 24.9 Å². The van der Waals surface area contributed by atoms with Gasteiger partial charge in [-0.15, -0.1) is 0 Å². The van der Waals surface area contributed by atoms with E-state index in [1.165, 1.54) is 19.3 Å². The lowest BCUT2D eigenvalue weighted by molar-refractivity contribution is 0.626. The van der Waals surface area contributed by atoms with Gasteiger partial charge in [-0.3, -0.25) is 4.98 Å². The van der Waals surface area contributed by atoms with Gasteiger partial charge in [-0.25, -0.2) is 0 Å². The van der Waals surface area contributed by atoms with Crippen LogP contribution in [-0.4, -0.2) is 24.6 Å². The van der Waals surface area contributed by atoms with E-state index >= 15 is 0 Å². The number of fused-ring (bicyclic) bond motifs is 1. The molecular weight excluding hydrogens is 270 g/mol. The van der Waals surface area contributed by atoms with E-state index in [1.807, 2.05) is 30.5 Å². The molecule has 0 spiro atoms. The molecule has 4 heteroatoms. The molecule has 0 aliphatic carbocycles. The quantitative estimate of drug-likeness (QED) is 0.720. The number of halogens is 1. The van der Waals surface area contributed by atoms with E-state index in [0.717, 1.165) is 41.2 Å². The van der Waals surface area contributed by atoms with E-state index < -0.39 is 0 Å². The summed E-state index contributed by atoms with van der Waals surface area (Å²) < 4.78 is 0. The lowest BCUT2D eigenvalue weighted by Gasteiger charge is -2.09. The van der Waals surface area contributed by atoms with Crippen molar-refractivity contribution < 1.29 is 0 Å². The monoisotopic (exact) mass is 291 g/mol. The lowest BCUT2D eigenvalue weighted by Crippen LogP contribution is -2.14. The van der Waals surface area contributed by atoms with E-state index in [-0.39, 0.29) is 0 Å². The number of pyridine rings is 1. The number of nitrogens with zero attached hydrogens (tertiary/aromatic N) is 1. The zero-order valence-corrected chi connectivity index (χ0v) is 12.7. The molecule has 1 aromatic carbocycles. The maximum atomic E-state index is 5.99. The summed E-state index contributed by atoms with van der Waals surface area (Å²) in [6.07, 6.45) is 5.49. The molecule has 0 saturated heterocycles. The highest BCUT2D eigenvalue weighted by Gasteiger charge is 2.01. The van der Waals surface area contributed by atoms with Gasteiger partial charge in [0.2, 0.25) is 0 Å². The summed E-state index contributed by atoms with van der Waals surface area (Å²) in [5.41, 5.74) is 2.08. The second kappa shape index (κ2) is 8.08. The summed E-state index contributed by atoms with van der Waals surface area (Å²) in [4.78, 5) is 4.35. The number of benzene rings is 1. The molecule has 0 aliphatic rings. The van der Waals surface area contributed by atoms with E-state index in [9.17, 15) is 0 Å². The third kappa shape index (κ3) is 4.36. The van der Waals surface area contributed by atoms with E-state index in [2.05, 4.69) is 22.5 Å². The Labute approximate surface area is 125 Å². The second-order valence-electron chi connectivity index (χ2n) is 4.86. The van der Waals surface area contributed by atoms with Gasteiger partial charge in [0.05, 0.1) is 5.52 Å². The molecular formula is C16H22ClN3. The van der Waals surface area contributed by atoms with Crippen molar-refractivity contribution in [2.75, 3.05) is 25.0 Å². The molecule has 1 aromatic heterocycles. The molecule has 0 aliphatic heterocycles. The van der Waals surface area contributed by atoms with Crippen molar-refractivity contribution in [2.45, 2.75) is 26.2 Å². The molecule has 2 rings (SSSR count). The summed E-state index contributed by atoms with van der Waals surface area (Å²) in [5, 5.41) is 8.70. The Morgan fingerprint density at radius 1 is 1.10 bits per heavy atom. The van der Waals surface area contributed by atoms with Crippen molar-refractivity contribution in [1.29, 1.82) is 0 Å². The molecule has 0 bridgehead atoms. The highest BCUT2D eigenvalue weighted by atomic mass is 35.5. The van der Waals surface area contributed by atoms with Crippen molar-refractivity contribution in [2.24, 2.45) is 0 Å². The molecule has 0 saturated carbocycles. The normalized spacial score (nSPS) is 10.9. The third-order valence-corrected chi connectivity index (χ3v) is 3.54. The van der Waals surface area contributed by atoms with Crippen molar-refractivity contribution in [3.8, 4) is 0 Å². The van der Waals surface area contributed by atoms with Crippen LogP contribution in [0.3, 0.4) is 0 Å². The van der Waals surface area contributed by atoms with Crippen LogP contribution in [0, 0.1) is 0 Å². The first-order chi connectivity index (χ1) is 9.81. The Morgan fingerprint density at radius 2 is 1.95 bits per heavy atom. The van der Waals surface area contributed by atoms with Crippen LogP contribution in [0.4, 0.5) is 5.69 Å². The zero-order chi connectivity index (χ0) is 14.2. The first-order valence-corrected chi connectivity index (χ1v) is 7.68. The molecule has 1 heterocycles. The number of anilines is 1. The number of unbranched alkanes of at least 4 members (excludes halogenated alkanes) is 2. The van der Waals surface area contributed by atoms with Crippen LogP contribution in [0.15, 0.2) is 30.5 Å². The molecule has 2 aromatic rings. The average Bonchev–Trinajstić information content (AvgIpc) is 2.46. The van der Waals surface area contributed by atoms with Crippen LogP contribution < -0.4 is 10.6 Å². The molecule has 0 fully saturated rings. The van der Waals surface area contributed by atoms with Gasteiger partial charge < -0.3 is 10.6 Å². The average molecular weight is 292 g/mol. The SMILES string of the molecule is CCNCCCCCNc1ccnc2cc(Cl)ccc12. The lowest BCUT2D eigenvalue weighted by atomic mass is 10.2. The van der Waals surface area contributed by atoms with Gasteiger partial charge in [0.15, 0.2) is 0 Å². The molecule has 108 valence electrons. The van der Waals surface area contributed by atoms with Crippen LogP contribution in [-0.2, 0) is 0 Å². The molecule has 3 nitrogen and oxygen atoms in total. The second-order valence-corrected chi connectivity index (χ2v) is 5.30. The summed E-state index contributed by atoms with van der Waals surface area (Å²) in [7, 11) is 0. The minimum Gasteiger partial charge on any atom is -0.384 e. The predicted molar refractivity (Wildman–Crippen MR) is 87.6 cm³/mol. The van der Waals surface area contributed by atoms with Crippen molar-refractivity contribution in [3.05, 3.63) is 35.5 Å². The summed E-state index contributed by atoms with van der Waals surface area (Å²) in [6.45, 7) is 5.31. The molecule has 0 amide bonds. The summed E-state index contributed by atoms with van der Waals surface area (Å²) in [6, 6.07) is 7.86. The Hall–Kier alpha value is -1.32. The van der Waals surface area contributed by atoms with Crippen LogP contribution in [0.5, 0.6) is 0 Å². The molecule has 20 heavy (non-hydrogen) atoms. The van der Waals surface area contributed by atoms with Gasteiger partial charge in [-0.2, -0.15) is 0 Å². The predicted octanol–water partition coefficient (Wildman–Crippen LogP) is 4.08. The highest BCUT2D eigenvalue weighted by Crippen LogP contribution is 2.24. The van der Waals surface area contributed by atoms with Gasteiger partial charge in [-0.05, 0) is 50.2 Å². The van der Waals surface area contributed by atoms with E-state index in [1.54, 1.807) is 0 Å². The summed E-state index contributed by atoms with van der Waals surface area (Å²) in [5.74, 6) is 0. The standard InChI is InChI=1S/C16H22ClN3/c1-2-18-9-4-3-5-10-19-15-8-11-20-16-12-13(17)6-7-14(15)16/h6-8,11-12,18H,2-5,9-10H2,1H3,(H,19,20). The number of hydrogen-bond acceptors (Lipinski definition) is 3. The zero-order valence-electron chi connectivity index (χ0n) is 12.0. The van der Waals surface area contributed by atoms with Crippen LogP contribution in [0.25, 0.3) is 10.9 Å². The molecule has 0 unspecified atom stereocenters. The van der Waals surface area contributed by atoms with Gasteiger partial charge in [0.1, 0.15) is 0 Å². The Bertz CT molecular complexity index is 542. The Morgan fingerprint density at radius 3 is 2.80 bits per heavy atom. The van der Waals surface area contributed by atoms with Crippen molar-refractivity contribution in [1.82, 2.24) is 10.3 Å². The first kappa shape index (κ1) is 15.1. The number of aromatic nitrogens is 1. The third-order valence-electron chi connectivity index (χ3n) is 3.30. The molecule has 0 radical (unpaired) electrons. The fourth-order valence-corrected chi connectivity index (χ4v) is 2.39. The van der Waals surface area contributed by atoms with Gasteiger partial charge >= 0.3 is 0 Å². The largest absolute Gasteiger partial charge is 0.384 e. The number of rotatable bonds is 8. The van der Waals surface area contributed by atoms with Gasteiger partial charge in [0.25, 0.3) is 0 Å². The summed E-state index contributed by atoms with van der Waals surface area (Å²) >= 11 is 5.99. The molecule has 2 N–H and O–H groups in total. The Balaban J connectivity index is 1.84. The smallest absolute Gasteiger partial charge is 0.0737 e. The Kier molecular flexibility index (Phi) is 6.09. The number of hydrogen-bond donors (Lipinski definition) is 2. The minimum atomic E-state index is 0.727. The van der Waals surface area contributed by atoms with Gasteiger partial charge in [0, 0.05) is 28.8 Å². The highest BCUT2D eigenvalue weighted by molar-refractivity contribution is 6.31. The van der Waals surface area contributed by atoms with Crippen LogP contribution in [0.2, 0.25) is 5.02 Å². The van der Waals surface area contributed by atoms with Crippen LogP contribution in [0.1, 0.15) is 26.2 Å². The van der Waals surface area contributed by atoms with Crippen LogP contribution >= 0.6 is 11.6 Å². The van der Waals surface area contributed by atoms with Crippen molar-refractivity contribution in [3.63, 3.8) is 0 Å². The topological polar surface area (TPSA) is 37.0 Å². The van der Waals surface area contributed by atoms with E-state index in [0.29, 0.717) is 0 Å².